The van der Waals surface area contributed by atoms with Crippen molar-refractivity contribution in [2.45, 2.75) is 13.0 Å². The number of hydrogen-bond donors (Lipinski definition) is 1. The number of carbonyl (C=O) groups excluding carboxylic acids is 1. The molecular weight excluding hydrogens is 308 g/mol. The smallest absolute Gasteiger partial charge is 0.258 e. The van der Waals surface area contributed by atoms with Gasteiger partial charge < -0.3 is 19.5 Å². The number of ether oxygens (including phenoxy) is 3. The Hall–Kier alpha value is -3.20. The molecule has 3 rings (SSSR count). The third-order valence-corrected chi connectivity index (χ3v) is 3.64. The predicted molar refractivity (Wildman–Crippen MR) is 85.8 cm³/mol. The molecule has 0 saturated heterocycles. The molecule has 24 heavy (non-hydrogen) atoms. The molecule has 2 aromatic rings. The van der Waals surface area contributed by atoms with E-state index >= 15 is 0 Å². The van der Waals surface area contributed by atoms with Crippen LogP contribution in [0, 0.1) is 11.3 Å². The summed E-state index contributed by atoms with van der Waals surface area (Å²) in [5.74, 6) is 1.50. The van der Waals surface area contributed by atoms with E-state index < -0.39 is 0 Å². The van der Waals surface area contributed by atoms with Crippen molar-refractivity contribution in [2.24, 2.45) is 0 Å². The van der Waals surface area contributed by atoms with Gasteiger partial charge in [0.2, 0.25) is 6.79 Å². The lowest BCUT2D eigenvalue weighted by atomic mass is 10.1. The number of rotatable bonds is 5. The van der Waals surface area contributed by atoms with Gasteiger partial charge >= 0.3 is 0 Å². The second-order valence-electron chi connectivity index (χ2n) is 5.30. The van der Waals surface area contributed by atoms with Crippen LogP contribution < -0.4 is 19.5 Å². The van der Waals surface area contributed by atoms with Crippen molar-refractivity contribution in [1.82, 2.24) is 5.32 Å². The third kappa shape index (κ3) is 3.41. The lowest BCUT2D eigenvalue weighted by molar-refractivity contribution is -0.123. The SMILES string of the molecule is CC(NC(=O)COc1ccccc1C#N)c1ccc2c(c1)OCO2. The minimum absolute atomic E-state index is 0.159. The summed E-state index contributed by atoms with van der Waals surface area (Å²) in [7, 11) is 0. The first-order valence-corrected chi connectivity index (χ1v) is 7.48. The van der Waals surface area contributed by atoms with Crippen molar-refractivity contribution in [1.29, 1.82) is 5.26 Å². The molecule has 0 saturated carbocycles. The van der Waals surface area contributed by atoms with Crippen LogP contribution in [0.3, 0.4) is 0 Å². The molecule has 0 spiro atoms. The van der Waals surface area contributed by atoms with E-state index in [0.717, 1.165) is 5.56 Å². The van der Waals surface area contributed by atoms with E-state index in [9.17, 15) is 4.79 Å². The lowest BCUT2D eigenvalue weighted by Gasteiger charge is -2.15. The third-order valence-electron chi connectivity index (χ3n) is 3.64. The number of nitrogens with one attached hydrogen (secondary N) is 1. The molecule has 1 unspecified atom stereocenters. The van der Waals surface area contributed by atoms with Crippen LogP contribution in [0.15, 0.2) is 42.5 Å². The van der Waals surface area contributed by atoms with Crippen LogP contribution in [0.1, 0.15) is 24.1 Å². The molecule has 2 aromatic carbocycles. The zero-order valence-electron chi connectivity index (χ0n) is 13.1. The summed E-state index contributed by atoms with van der Waals surface area (Å²) in [4.78, 5) is 12.1. The van der Waals surface area contributed by atoms with Crippen LogP contribution in [0.2, 0.25) is 0 Å². The molecule has 122 valence electrons. The monoisotopic (exact) mass is 324 g/mol. The van der Waals surface area contributed by atoms with Gasteiger partial charge in [-0.3, -0.25) is 4.79 Å². The molecule has 6 nitrogen and oxygen atoms in total. The standard InChI is InChI=1S/C18H16N2O4/c1-12(13-6-7-16-17(8-13)24-11-23-16)20-18(21)10-22-15-5-3-2-4-14(15)9-19/h2-8,12H,10-11H2,1H3,(H,20,21). The molecule has 1 atom stereocenters. The maximum atomic E-state index is 12.1. The highest BCUT2D eigenvalue weighted by molar-refractivity contribution is 5.78. The van der Waals surface area contributed by atoms with Gasteiger partial charge in [0.1, 0.15) is 11.8 Å². The molecule has 1 aliphatic rings. The zero-order chi connectivity index (χ0) is 16.9. The average molecular weight is 324 g/mol. The number of benzene rings is 2. The molecule has 0 radical (unpaired) electrons. The molecule has 0 aromatic heterocycles. The van der Waals surface area contributed by atoms with Crippen LogP contribution >= 0.6 is 0 Å². The Bertz CT molecular complexity index is 798. The molecule has 6 heteroatoms. The van der Waals surface area contributed by atoms with Gasteiger partial charge in [-0.15, -0.1) is 0 Å². The van der Waals surface area contributed by atoms with Crippen molar-refractivity contribution in [3.63, 3.8) is 0 Å². The first kappa shape index (κ1) is 15.7. The van der Waals surface area contributed by atoms with E-state index in [1.807, 2.05) is 31.2 Å². The summed E-state index contributed by atoms with van der Waals surface area (Å²) >= 11 is 0. The normalized spacial score (nSPS) is 13.0. The van der Waals surface area contributed by atoms with E-state index in [0.29, 0.717) is 22.8 Å². The van der Waals surface area contributed by atoms with Gasteiger partial charge in [-0.1, -0.05) is 18.2 Å². The van der Waals surface area contributed by atoms with E-state index in [4.69, 9.17) is 19.5 Å². The highest BCUT2D eigenvalue weighted by Gasteiger charge is 2.17. The summed E-state index contributed by atoms with van der Waals surface area (Å²) in [6, 6.07) is 14.2. The number of carbonyl (C=O) groups is 1. The number of nitriles is 1. The Morgan fingerprint density at radius 1 is 1.29 bits per heavy atom. The molecule has 1 aliphatic heterocycles. The summed E-state index contributed by atoms with van der Waals surface area (Å²) in [5, 5.41) is 11.9. The van der Waals surface area contributed by atoms with Crippen LogP contribution in [-0.2, 0) is 4.79 Å². The van der Waals surface area contributed by atoms with Crippen molar-refractivity contribution in [2.75, 3.05) is 13.4 Å². The highest BCUT2D eigenvalue weighted by Crippen LogP contribution is 2.34. The minimum Gasteiger partial charge on any atom is -0.482 e. The van der Waals surface area contributed by atoms with Gasteiger partial charge in [0.15, 0.2) is 18.1 Å². The van der Waals surface area contributed by atoms with Crippen LogP contribution in [0.5, 0.6) is 17.2 Å². The van der Waals surface area contributed by atoms with Gasteiger partial charge in [0.05, 0.1) is 11.6 Å². The topological polar surface area (TPSA) is 80.6 Å². The molecule has 1 amide bonds. The Labute approximate surface area is 139 Å². The van der Waals surface area contributed by atoms with Gasteiger partial charge in [-0.25, -0.2) is 0 Å². The first-order valence-electron chi connectivity index (χ1n) is 7.48. The van der Waals surface area contributed by atoms with E-state index in [1.54, 1.807) is 24.3 Å². The highest BCUT2D eigenvalue weighted by atomic mass is 16.7. The number of hydrogen-bond acceptors (Lipinski definition) is 5. The Kier molecular flexibility index (Phi) is 4.52. The van der Waals surface area contributed by atoms with Gasteiger partial charge in [0, 0.05) is 0 Å². The lowest BCUT2D eigenvalue weighted by Crippen LogP contribution is -2.31. The zero-order valence-corrected chi connectivity index (χ0v) is 13.1. The van der Waals surface area contributed by atoms with E-state index in [1.165, 1.54) is 0 Å². The fourth-order valence-corrected chi connectivity index (χ4v) is 2.38. The predicted octanol–water partition coefficient (Wildman–Crippen LogP) is 2.54. The Balaban J connectivity index is 1.57. The fraction of sp³-hybridized carbons (Fsp3) is 0.222. The first-order chi connectivity index (χ1) is 11.7. The second kappa shape index (κ2) is 6.92. The average Bonchev–Trinajstić information content (AvgIpc) is 3.07. The quantitative estimate of drug-likeness (QED) is 0.914. The summed E-state index contributed by atoms with van der Waals surface area (Å²) in [6.45, 7) is 1.93. The van der Waals surface area contributed by atoms with E-state index in [2.05, 4.69) is 5.32 Å². The van der Waals surface area contributed by atoms with Gasteiger partial charge in [-0.05, 0) is 36.8 Å². The molecule has 1 heterocycles. The van der Waals surface area contributed by atoms with Crippen LogP contribution in [0.4, 0.5) is 0 Å². The summed E-state index contributed by atoms with van der Waals surface area (Å²) in [5.41, 5.74) is 1.30. The van der Waals surface area contributed by atoms with Crippen molar-refractivity contribution >= 4 is 5.91 Å². The Morgan fingerprint density at radius 2 is 2.08 bits per heavy atom. The Morgan fingerprint density at radius 3 is 2.92 bits per heavy atom. The molecule has 0 bridgehead atoms. The van der Waals surface area contributed by atoms with Gasteiger partial charge in [-0.2, -0.15) is 5.26 Å². The second-order valence-corrected chi connectivity index (χ2v) is 5.30. The number of para-hydroxylation sites is 1. The van der Waals surface area contributed by atoms with E-state index in [-0.39, 0.29) is 25.3 Å². The van der Waals surface area contributed by atoms with Gasteiger partial charge in [0.25, 0.3) is 5.91 Å². The van der Waals surface area contributed by atoms with Crippen molar-refractivity contribution in [3.05, 3.63) is 53.6 Å². The van der Waals surface area contributed by atoms with Crippen LogP contribution in [0.25, 0.3) is 0 Å². The van der Waals surface area contributed by atoms with Crippen LogP contribution in [-0.4, -0.2) is 19.3 Å². The summed E-state index contributed by atoms with van der Waals surface area (Å²) in [6.07, 6.45) is 0. The molecule has 0 fully saturated rings. The summed E-state index contributed by atoms with van der Waals surface area (Å²) < 4.78 is 16.0. The van der Waals surface area contributed by atoms with Crippen molar-refractivity contribution in [3.8, 4) is 23.3 Å². The largest absolute Gasteiger partial charge is 0.482 e. The van der Waals surface area contributed by atoms with Crippen molar-refractivity contribution < 1.29 is 19.0 Å². The maximum Gasteiger partial charge on any atom is 0.258 e. The minimum atomic E-state index is -0.270. The number of amides is 1. The number of fused-ring (bicyclic) bond motifs is 1. The molecule has 1 N–H and O–H groups in total. The molecule has 0 aliphatic carbocycles. The number of nitrogens with zero attached hydrogens (tertiary/aromatic N) is 1. The molecular formula is C18H16N2O4. The fourth-order valence-electron chi connectivity index (χ4n) is 2.38. The maximum absolute atomic E-state index is 12.1.